The zero-order valence-electron chi connectivity index (χ0n) is 10.4. The Labute approximate surface area is 101 Å². The average molecular weight is 236 g/mol. The lowest BCUT2D eigenvalue weighted by Gasteiger charge is -2.19. The van der Waals surface area contributed by atoms with Crippen molar-refractivity contribution in [3.05, 3.63) is 29.8 Å². The molecule has 0 atom stereocenters. The number of rotatable bonds is 2. The van der Waals surface area contributed by atoms with E-state index in [1.54, 1.807) is 45.0 Å². The standard InChI is InChI=1S/C13H16O4/c1-9(14)16-11-7-5-10(6-8-11)12(15)17-13(2,3)4/h5-8H,1-4H3. The first kappa shape index (κ1) is 13.2. The van der Waals surface area contributed by atoms with E-state index in [-0.39, 0.29) is 0 Å². The van der Waals surface area contributed by atoms with Gasteiger partial charge in [-0.1, -0.05) is 0 Å². The lowest BCUT2D eigenvalue weighted by atomic mass is 10.1. The molecule has 0 aromatic heterocycles. The molecule has 4 nitrogen and oxygen atoms in total. The van der Waals surface area contributed by atoms with Crippen LogP contribution in [-0.2, 0) is 9.53 Å². The maximum atomic E-state index is 11.7. The van der Waals surface area contributed by atoms with Gasteiger partial charge in [0.05, 0.1) is 5.56 Å². The molecular weight excluding hydrogens is 220 g/mol. The molecule has 0 aliphatic rings. The van der Waals surface area contributed by atoms with E-state index in [4.69, 9.17) is 9.47 Å². The van der Waals surface area contributed by atoms with Crippen molar-refractivity contribution in [3.63, 3.8) is 0 Å². The smallest absolute Gasteiger partial charge is 0.338 e. The van der Waals surface area contributed by atoms with Crippen molar-refractivity contribution in [2.45, 2.75) is 33.3 Å². The number of carbonyl (C=O) groups is 2. The van der Waals surface area contributed by atoms with Crippen LogP contribution in [0, 0.1) is 0 Å². The number of ether oxygens (including phenoxy) is 2. The fraction of sp³-hybridized carbons (Fsp3) is 0.385. The molecule has 92 valence electrons. The molecule has 0 spiro atoms. The van der Waals surface area contributed by atoms with E-state index < -0.39 is 17.5 Å². The van der Waals surface area contributed by atoms with E-state index in [0.717, 1.165) is 0 Å². The van der Waals surface area contributed by atoms with Crippen LogP contribution >= 0.6 is 0 Å². The second-order valence-corrected chi connectivity index (χ2v) is 4.62. The van der Waals surface area contributed by atoms with Gasteiger partial charge in [-0.15, -0.1) is 0 Å². The summed E-state index contributed by atoms with van der Waals surface area (Å²) in [6.07, 6.45) is 0. The van der Waals surface area contributed by atoms with Crippen molar-refractivity contribution in [1.29, 1.82) is 0 Å². The normalized spacial score (nSPS) is 10.8. The number of hydrogen-bond acceptors (Lipinski definition) is 4. The van der Waals surface area contributed by atoms with Crippen molar-refractivity contribution >= 4 is 11.9 Å². The van der Waals surface area contributed by atoms with E-state index in [1.807, 2.05) is 0 Å². The largest absolute Gasteiger partial charge is 0.456 e. The van der Waals surface area contributed by atoms with Crippen molar-refractivity contribution in [2.75, 3.05) is 0 Å². The maximum Gasteiger partial charge on any atom is 0.338 e. The van der Waals surface area contributed by atoms with Crippen LogP contribution in [-0.4, -0.2) is 17.5 Å². The van der Waals surface area contributed by atoms with E-state index in [9.17, 15) is 9.59 Å². The number of hydrogen-bond donors (Lipinski definition) is 0. The minimum absolute atomic E-state index is 0.394. The summed E-state index contributed by atoms with van der Waals surface area (Å²) in [6.45, 7) is 6.73. The Morgan fingerprint density at radius 1 is 1.06 bits per heavy atom. The van der Waals surface area contributed by atoms with Gasteiger partial charge >= 0.3 is 11.9 Å². The zero-order valence-corrected chi connectivity index (χ0v) is 10.4. The summed E-state index contributed by atoms with van der Waals surface area (Å²) in [5.41, 5.74) is -0.0955. The van der Waals surface area contributed by atoms with Crippen LogP contribution in [0.25, 0.3) is 0 Å². The van der Waals surface area contributed by atoms with Gasteiger partial charge in [0, 0.05) is 6.92 Å². The number of carbonyl (C=O) groups excluding carboxylic acids is 2. The Morgan fingerprint density at radius 3 is 2.00 bits per heavy atom. The molecule has 0 bridgehead atoms. The fourth-order valence-corrected chi connectivity index (χ4v) is 1.16. The number of esters is 2. The summed E-state index contributed by atoms with van der Waals surface area (Å²) in [6, 6.07) is 6.24. The molecule has 0 saturated heterocycles. The van der Waals surface area contributed by atoms with Gasteiger partial charge in [0.15, 0.2) is 0 Å². The molecule has 0 heterocycles. The number of benzene rings is 1. The Morgan fingerprint density at radius 2 is 1.59 bits per heavy atom. The van der Waals surface area contributed by atoms with Gasteiger partial charge in [-0.2, -0.15) is 0 Å². The molecule has 0 unspecified atom stereocenters. The van der Waals surface area contributed by atoms with E-state index in [1.165, 1.54) is 6.92 Å². The molecule has 0 aliphatic heterocycles. The second kappa shape index (κ2) is 4.99. The third-order valence-electron chi connectivity index (χ3n) is 1.75. The Bertz CT molecular complexity index is 412. The molecule has 0 fully saturated rings. The highest BCUT2D eigenvalue weighted by molar-refractivity contribution is 5.89. The second-order valence-electron chi connectivity index (χ2n) is 4.62. The molecule has 4 heteroatoms. The SMILES string of the molecule is CC(=O)Oc1ccc(C(=O)OC(C)(C)C)cc1. The molecule has 0 radical (unpaired) electrons. The predicted molar refractivity (Wildman–Crippen MR) is 62.9 cm³/mol. The first-order chi connectivity index (χ1) is 7.78. The molecular formula is C13H16O4. The lowest BCUT2D eigenvalue weighted by molar-refractivity contribution is -0.131. The minimum Gasteiger partial charge on any atom is -0.456 e. The Kier molecular flexibility index (Phi) is 3.89. The van der Waals surface area contributed by atoms with Gasteiger partial charge in [0.25, 0.3) is 0 Å². The molecule has 0 aliphatic carbocycles. The van der Waals surface area contributed by atoms with Crippen LogP contribution in [0.3, 0.4) is 0 Å². The fourth-order valence-electron chi connectivity index (χ4n) is 1.16. The Balaban J connectivity index is 2.74. The van der Waals surface area contributed by atoms with Gasteiger partial charge in [-0.3, -0.25) is 4.79 Å². The summed E-state index contributed by atoms with van der Waals surface area (Å²) in [7, 11) is 0. The predicted octanol–water partition coefficient (Wildman–Crippen LogP) is 2.57. The maximum absolute atomic E-state index is 11.7. The van der Waals surface area contributed by atoms with Gasteiger partial charge < -0.3 is 9.47 Å². The summed E-state index contributed by atoms with van der Waals surface area (Å²) in [5, 5.41) is 0. The van der Waals surface area contributed by atoms with Crippen molar-refractivity contribution in [3.8, 4) is 5.75 Å². The quantitative estimate of drug-likeness (QED) is 0.585. The van der Waals surface area contributed by atoms with E-state index in [0.29, 0.717) is 11.3 Å². The zero-order chi connectivity index (χ0) is 13.1. The topological polar surface area (TPSA) is 52.6 Å². The van der Waals surface area contributed by atoms with Crippen molar-refractivity contribution in [1.82, 2.24) is 0 Å². The lowest BCUT2D eigenvalue weighted by Crippen LogP contribution is -2.23. The first-order valence-electron chi connectivity index (χ1n) is 5.30. The van der Waals surface area contributed by atoms with Gasteiger partial charge in [0.2, 0.25) is 0 Å². The van der Waals surface area contributed by atoms with Crippen LogP contribution in [0.1, 0.15) is 38.1 Å². The highest BCUT2D eigenvalue weighted by Crippen LogP contribution is 2.16. The summed E-state index contributed by atoms with van der Waals surface area (Å²) < 4.78 is 10.1. The highest BCUT2D eigenvalue weighted by Gasteiger charge is 2.17. The van der Waals surface area contributed by atoms with Gasteiger partial charge in [-0.25, -0.2) is 4.79 Å². The summed E-state index contributed by atoms with van der Waals surface area (Å²) in [4.78, 5) is 22.4. The van der Waals surface area contributed by atoms with E-state index in [2.05, 4.69) is 0 Å². The molecule has 0 N–H and O–H groups in total. The van der Waals surface area contributed by atoms with Gasteiger partial charge in [-0.05, 0) is 45.0 Å². The average Bonchev–Trinajstić information content (AvgIpc) is 2.15. The van der Waals surface area contributed by atoms with Crippen LogP contribution in [0.2, 0.25) is 0 Å². The van der Waals surface area contributed by atoms with Gasteiger partial charge in [0.1, 0.15) is 11.4 Å². The third kappa shape index (κ3) is 4.68. The molecule has 1 aromatic rings. The van der Waals surface area contributed by atoms with Crippen LogP contribution in [0.15, 0.2) is 24.3 Å². The van der Waals surface area contributed by atoms with E-state index >= 15 is 0 Å². The van der Waals surface area contributed by atoms with Crippen LogP contribution < -0.4 is 4.74 Å². The Hall–Kier alpha value is -1.84. The van der Waals surface area contributed by atoms with Crippen LogP contribution in [0.5, 0.6) is 5.75 Å². The first-order valence-corrected chi connectivity index (χ1v) is 5.30. The highest BCUT2D eigenvalue weighted by atomic mass is 16.6. The molecule has 1 aromatic carbocycles. The monoisotopic (exact) mass is 236 g/mol. The minimum atomic E-state index is -0.522. The van der Waals surface area contributed by atoms with Crippen molar-refractivity contribution in [2.24, 2.45) is 0 Å². The molecule has 1 rings (SSSR count). The summed E-state index contributed by atoms with van der Waals surface area (Å²) >= 11 is 0. The molecule has 17 heavy (non-hydrogen) atoms. The van der Waals surface area contributed by atoms with Crippen LogP contribution in [0.4, 0.5) is 0 Å². The van der Waals surface area contributed by atoms with Crippen molar-refractivity contribution < 1.29 is 19.1 Å². The summed E-state index contributed by atoms with van der Waals surface area (Å²) in [5.74, 6) is -0.383. The molecule has 0 amide bonds. The third-order valence-corrected chi connectivity index (χ3v) is 1.75. The molecule has 0 saturated carbocycles.